The molecule has 1 heterocycles. The molecule has 0 aromatic heterocycles. The van der Waals surface area contributed by atoms with Gasteiger partial charge in [-0.25, -0.2) is 4.79 Å². The molecule has 7 nitrogen and oxygen atoms in total. The van der Waals surface area contributed by atoms with Gasteiger partial charge in [0.1, 0.15) is 0 Å². The molecule has 2 aromatic carbocycles. The number of benzene rings is 2. The molecule has 0 spiro atoms. The van der Waals surface area contributed by atoms with Gasteiger partial charge in [0.15, 0.2) is 0 Å². The average Bonchev–Trinajstić information content (AvgIpc) is 3.24. The van der Waals surface area contributed by atoms with Crippen LogP contribution in [-0.2, 0) is 4.79 Å². The minimum atomic E-state index is -0.358. The number of carbonyl (C=O) groups is 3. The van der Waals surface area contributed by atoms with Crippen molar-refractivity contribution >= 4 is 29.2 Å². The first kappa shape index (κ1) is 19.4. The molecule has 7 heteroatoms. The predicted molar refractivity (Wildman–Crippen MR) is 108 cm³/mol. The molecule has 0 unspecified atom stereocenters. The highest BCUT2D eigenvalue weighted by atomic mass is 16.2. The molecule has 28 heavy (non-hydrogen) atoms. The minimum Gasteiger partial charge on any atom is -0.352 e. The zero-order chi connectivity index (χ0) is 19.8. The molecule has 3 N–H and O–H groups in total. The quantitative estimate of drug-likeness (QED) is 0.719. The fourth-order valence-corrected chi connectivity index (χ4v) is 3.03. The normalized spacial score (nSPS) is 13.1. The Balaban J connectivity index is 1.43. The van der Waals surface area contributed by atoms with Crippen LogP contribution in [0.15, 0.2) is 54.6 Å². The van der Waals surface area contributed by atoms with Crippen molar-refractivity contribution in [2.24, 2.45) is 0 Å². The molecule has 146 valence electrons. The minimum absolute atomic E-state index is 0.0850. The van der Waals surface area contributed by atoms with Crippen LogP contribution in [0.1, 0.15) is 29.6 Å². The fourth-order valence-electron chi connectivity index (χ4n) is 3.03. The van der Waals surface area contributed by atoms with Crippen molar-refractivity contribution in [1.82, 2.24) is 10.2 Å². The molecule has 0 aliphatic carbocycles. The molecule has 1 fully saturated rings. The predicted octanol–water partition coefficient (Wildman–Crippen LogP) is 3.07. The van der Waals surface area contributed by atoms with Crippen LogP contribution >= 0.6 is 0 Å². The largest absolute Gasteiger partial charge is 0.352 e. The van der Waals surface area contributed by atoms with Gasteiger partial charge in [0.2, 0.25) is 5.91 Å². The van der Waals surface area contributed by atoms with Gasteiger partial charge in [-0.15, -0.1) is 0 Å². The van der Waals surface area contributed by atoms with E-state index in [1.165, 1.54) is 0 Å². The molecule has 1 aliphatic heterocycles. The third kappa shape index (κ3) is 5.57. The van der Waals surface area contributed by atoms with Gasteiger partial charge < -0.3 is 20.9 Å². The number of anilines is 2. The number of para-hydroxylation sites is 1. The monoisotopic (exact) mass is 380 g/mol. The summed E-state index contributed by atoms with van der Waals surface area (Å²) in [5.41, 5.74) is 1.75. The van der Waals surface area contributed by atoms with Gasteiger partial charge in [-0.2, -0.15) is 0 Å². The summed E-state index contributed by atoms with van der Waals surface area (Å²) in [6.07, 6.45) is 2.43. The van der Waals surface area contributed by atoms with Crippen LogP contribution in [0, 0.1) is 0 Å². The molecule has 2 aromatic rings. The smallest absolute Gasteiger partial charge is 0.323 e. The molecule has 0 atom stereocenters. The second-order valence-electron chi connectivity index (χ2n) is 6.62. The Morgan fingerprint density at radius 3 is 2.07 bits per heavy atom. The lowest BCUT2D eigenvalue weighted by Gasteiger charge is -2.15. The van der Waals surface area contributed by atoms with E-state index in [1.54, 1.807) is 36.4 Å². The highest BCUT2D eigenvalue weighted by molar-refractivity contribution is 6.00. The summed E-state index contributed by atoms with van der Waals surface area (Å²) >= 11 is 0. The zero-order valence-electron chi connectivity index (χ0n) is 15.6. The van der Waals surface area contributed by atoms with E-state index in [1.807, 2.05) is 23.1 Å². The molecule has 0 saturated carbocycles. The summed E-state index contributed by atoms with van der Waals surface area (Å²) in [5, 5.41) is 8.20. The Morgan fingerprint density at radius 2 is 1.43 bits per heavy atom. The van der Waals surface area contributed by atoms with E-state index in [0.29, 0.717) is 29.9 Å². The maximum absolute atomic E-state index is 12.2. The van der Waals surface area contributed by atoms with Crippen LogP contribution in [0.3, 0.4) is 0 Å². The number of rotatable bonds is 6. The van der Waals surface area contributed by atoms with E-state index in [4.69, 9.17) is 0 Å². The third-order valence-electron chi connectivity index (χ3n) is 4.52. The topological polar surface area (TPSA) is 90.5 Å². The highest BCUT2D eigenvalue weighted by Crippen LogP contribution is 2.12. The van der Waals surface area contributed by atoms with E-state index in [2.05, 4.69) is 16.0 Å². The highest BCUT2D eigenvalue weighted by Gasteiger charge is 2.17. The fraction of sp³-hybridized carbons (Fsp3) is 0.286. The number of carbonyl (C=O) groups excluding carboxylic acids is 3. The SMILES string of the molecule is O=C(Nc1ccccc1)Nc1ccc(C(=O)NCCC(=O)N2CCCC2)cc1. The molecule has 1 aliphatic rings. The Kier molecular flexibility index (Phi) is 6.62. The van der Waals surface area contributed by atoms with E-state index in [-0.39, 0.29) is 17.8 Å². The number of hydrogen-bond acceptors (Lipinski definition) is 3. The molecular weight excluding hydrogens is 356 g/mol. The van der Waals surface area contributed by atoms with E-state index >= 15 is 0 Å². The summed E-state index contributed by atoms with van der Waals surface area (Å²) in [5.74, 6) is -0.156. The lowest BCUT2D eigenvalue weighted by atomic mass is 10.2. The number of urea groups is 1. The molecule has 0 bridgehead atoms. The van der Waals surface area contributed by atoms with Gasteiger partial charge in [0.25, 0.3) is 5.91 Å². The Hall–Kier alpha value is -3.35. The summed E-state index contributed by atoms with van der Waals surface area (Å²) < 4.78 is 0. The van der Waals surface area contributed by atoms with Gasteiger partial charge in [-0.05, 0) is 49.2 Å². The second kappa shape index (κ2) is 9.55. The van der Waals surface area contributed by atoms with Crippen molar-refractivity contribution in [2.75, 3.05) is 30.3 Å². The lowest BCUT2D eigenvalue weighted by molar-refractivity contribution is -0.129. The van der Waals surface area contributed by atoms with Gasteiger partial charge in [0.05, 0.1) is 0 Å². The van der Waals surface area contributed by atoms with E-state index in [0.717, 1.165) is 25.9 Å². The van der Waals surface area contributed by atoms with Crippen LogP contribution in [0.4, 0.5) is 16.2 Å². The summed E-state index contributed by atoms with van der Waals surface area (Å²) in [7, 11) is 0. The summed E-state index contributed by atoms with van der Waals surface area (Å²) in [6, 6.07) is 15.4. The molecular formula is C21H24N4O3. The van der Waals surface area contributed by atoms with Crippen molar-refractivity contribution in [3.8, 4) is 0 Å². The zero-order valence-corrected chi connectivity index (χ0v) is 15.6. The Bertz CT molecular complexity index is 815. The average molecular weight is 380 g/mol. The number of hydrogen-bond donors (Lipinski definition) is 3. The third-order valence-corrected chi connectivity index (χ3v) is 4.52. The second-order valence-corrected chi connectivity index (χ2v) is 6.62. The maximum atomic E-state index is 12.2. The summed E-state index contributed by atoms with van der Waals surface area (Å²) in [6.45, 7) is 1.95. The van der Waals surface area contributed by atoms with E-state index in [9.17, 15) is 14.4 Å². The van der Waals surface area contributed by atoms with Crippen LogP contribution in [0.25, 0.3) is 0 Å². The van der Waals surface area contributed by atoms with Gasteiger partial charge in [-0.3, -0.25) is 9.59 Å². The molecule has 0 radical (unpaired) electrons. The van der Waals surface area contributed by atoms with E-state index < -0.39 is 0 Å². The molecule has 3 rings (SSSR count). The van der Waals surface area contributed by atoms with Gasteiger partial charge in [0, 0.05) is 43.0 Å². The van der Waals surface area contributed by atoms with Crippen molar-refractivity contribution in [3.63, 3.8) is 0 Å². The number of nitrogens with zero attached hydrogens (tertiary/aromatic N) is 1. The van der Waals surface area contributed by atoms with Crippen molar-refractivity contribution in [1.29, 1.82) is 0 Å². The summed E-state index contributed by atoms with van der Waals surface area (Å²) in [4.78, 5) is 38.0. The van der Waals surface area contributed by atoms with Crippen LogP contribution in [-0.4, -0.2) is 42.4 Å². The number of amides is 4. The number of nitrogens with one attached hydrogen (secondary N) is 3. The van der Waals surface area contributed by atoms with Crippen LogP contribution < -0.4 is 16.0 Å². The molecule has 1 saturated heterocycles. The van der Waals surface area contributed by atoms with Crippen molar-refractivity contribution in [3.05, 3.63) is 60.2 Å². The Labute approximate surface area is 164 Å². The lowest BCUT2D eigenvalue weighted by Crippen LogP contribution is -2.32. The van der Waals surface area contributed by atoms with Crippen LogP contribution in [0.2, 0.25) is 0 Å². The first-order chi connectivity index (χ1) is 13.6. The van der Waals surface area contributed by atoms with Gasteiger partial charge >= 0.3 is 6.03 Å². The van der Waals surface area contributed by atoms with Crippen molar-refractivity contribution < 1.29 is 14.4 Å². The van der Waals surface area contributed by atoms with Gasteiger partial charge in [-0.1, -0.05) is 18.2 Å². The maximum Gasteiger partial charge on any atom is 0.323 e. The first-order valence-electron chi connectivity index (χ1n) is 9.41. The molecule has 4 amide bonds. The first-order valence-corrected chi connectivity index (χ1v) is 9.41. The van der Waals surface area contributed by atoms with Crippen molar-refractivity contribution in [2.45, 2.75) is 19.3 Å². The van der Waals surface area contributed by atoms with Crippen LogP contribution in [0.5, 0.6) is 0 Å². The Morgan fingerprint density at radius 1 is 0.821 bits per heavy atom. The standard InChI is InChI=1S/C21H24N4O3/c26-19(25-14-4-5-15-25)12-13-22-20(27)16-8-10-18(11-9-16)24-21(28)23-17-6-2-1-3-7-17/h1-3,6-11H,4-5,12-15H2,(H,22,27)(H2,23,24,28). The number of likely N-dealkylation sites (tertiary alicyclic amines) is 1.